The van der Waals surface area contributed by atoms with Crippen LogP contribution in [0.25, 0.3) is 0 Å². The third-order valence-corrected chi connectivity index (χ3v) is 9.88. The number of hydrogen-bond donors (Lipinski definition) is 10. The second-order valence-electron chi connectivity index (χ2n) is 15.8. The quantitative estimate of drug-likeness (QED) is 0.0445. The molecule has 0 fully saturated rings. The minimum atomic E-state index is -1.23. The summed E-state index contributed by atoms with van der Waals surface area (Å²) in [5.74, 6) is -3.70. The van der Waals surface area contributed by atoms with Gasteiger partial charge in [-0.15, -0.1) is 0 Å². The Labute approximate surface area is 346 Å². The van der Waals surface area contributed by atoms with Crippen LogP contribution in [0.4, 0.5) is 0 Å². The zero-order chi connectivity index (χ0) is 42.5. The lowest BCUT2D eigenvalue weighted by molar-refractivity contribution is -0.135. The van der Waals surface area contributed by atoms with Gasteiger partial charge in [0.2, 0.25) is 35.4 Å². The van der Waals surface area contributed by atoms with Gasteiger partial charge >= 0.3 is 0 Å². The summed E-state index contributed by atoms with van der Waals surface area (Å²) in [6.07, 6.45) is 3.88. The molecule has 0 aliphatic rings. The number of rotatable bonds is 27. The van der Waals surface area contributed by atoms with Gasteiger partial charge in [0.25, 0.3) is 0 Å². The average Bonchev–Trinajstić information content (AvgIpc) is 3.10. The Kier molecular flexibility index (Phi) is 23.8. The fraction of sp³-hybridized carbons (Fsp3) is 0.692. The van der Waals surface area contributed by atoms with Crippen molar-refractivity contribution in [3.05, 3.63) is 27.3 Å². The summed E-state index contributed by atoms with van der Waals surface area (Å²) in [5, 5.41) is 23.9. The van der Waals surface area contributed by atoms with E-state index in [2.05, 4.69) is 26.6 Å². The molecule has 16 nitrogen and oxygen atoms in total. The predicted molar refractivity (Wildman–Crippen MR) is 226 cm³/mol. The molecule has 0 bridgehead atoms. The lowest BCUT2D eigenvalue weighted by Gasteiger charge is -2.28. The highest BCUT2D eigenvalue weighted by atomic mass is 127. The number of aromatic hydroxyl groups is 1. The fourth-order valence-electron chi connectivity index (χ4n) is 6.02. The van der Waals surface area contributed by atoms with E-state index < -0.39 is 71.7 Å². The highest BCUT2D eigenvalue weighted by molar-refractivity contribution is 14.1. The molecule has 1 aromatic rings. The molecule has 1 aromatic carbocycles. The molecule has 0 aliphatic carbocycles. The van der Waals surface area contributed by atoms with Crippen molar-refractivity contribution in [3.8, 4) is 5.75 Å². The SMILES string of the molecule is CC(C)C[C@H](NC(=O)[C@H](CC(C)C)NC(=O)[C@H](Cc1ccc(O)c(I)c1)NC(=O)[C@H](CC(C)C)NC(=O)[C@H](CCCCN)NC(=O)[C@@H](N)CCCCN)C(N)=O. The molecule has 6 amide bonds. The minimum absolute atomic E-state index is 0.0245. The molecule has 0 unspecified atom stereocenters. The maximum atomic E-state index is 14.1. The number of phenolic OH excluding ortho intramolecular Hbond substituents is 1. The maximum absolute atomic E-state index is 14.1. The van der Waals surface area contributed by atoms with Crippen LogP contribution in [-0.4, -0.2) is 89.9 Å². The molecule has 6 atom stereocenters. The first-order valence-electron chi connectivity index (χ1n) is 19.7. The van der Waals surface area contributed by atoms with Gasteiger partial charge in [-0.25, -0.2) is 0 Å². The van der Waals surface area contributed by atoms with Gasteiger partial charge in [0.05, 0.1) is 9.61 Å². The van der Waals surface area contributed by atoms with Crippen LogP contribution in [-0.2, 0) is 35.2 Å². The first kappa shape index (κ1) is 50.5. The van der Waals surface area contributed by atoms with E-state index in [4.69, 9.17) is 22.9 Å². The van der Waals surface area contributed by atoms with Crippen LogP contribution in [0.3, 0.4) is 0 Å². The average molecular weight is 902 g/mol. The highest BCUT2D eigenvalue weighted by Gasteiger charge is 2.33. The minimum Gasteiger partial charge on any atom is -0.507 e. The smallest absolute Gasteiger partial charge is 0.243 e. The number of unbranched alkanes of at least 4 members (excludes halogenated alkanes) is 2. The monoisotopic (exact) mass is 901 g/mol. The molecule has 14 N–H and O–H groups in total. The fourth-order valence-corrected chi connectivity index (χ4v) is 6.59. The third kappa shape index (κ3) is 19.5. The van der Waals surface area contributed by atoms with Gasteiger partial charge in [0.1, 0.15) is 36.0 Å². The maximum Gasteiger partial charge on any atom is 0.243 e. The summed E-state index contributed by atoms with van der Waals surface area (Å²) < 4.78 is 0.525. The number of phenols is 1. The Hall–Kier alpha value is -3.55. The highest BCUT2D eigenvalue weighted by Crippen LogP contribution is 2.21. The Morgan fingerprint density at radius 3 is 1.48 bits per heavy atom. The van der Waals surface area contributed by atoms with E-state index in [9.17, 15) is 33.9 Å². The number of amides is 6. The van der Waals surface area contributed by atoms with Crippen LogP contribution in [0, 0.1) is 21.3 Å². The van der Waals surface area contributed by atoms with Gasteiger partial charge in [-0.2, -0.15) is 0 Å². The van der Waals surface area contributed by atoms with Crippen LogP contribution < -0.4 is 49.5 Å². The Morgan fingerprint density at radius 2 is 1.02 bits per heavy atom. The molecule has 17 heteroatoms. The first-order chi connectivity index (χ1) is 26.3. The summed E-state index contributed by atoms with van der Waals surface area (Å²) in [4.78, 5) is 80.7. The van der Waals surface area contributed by atoms with Crippen molar-refractivity contribution in [2.45, 2.75) is 142 Å². The van der Waals surface area contributed by atoms with Crippen molar-refractivity contribution in [3.63, 3.8) is 0 Å². The Morgan fingerprint density at radius 1 is 0.607 bits per heavy atom. The lowest BCUT2D eigenvalue weighted by Crippen LogP contribution is -2.60. The van der Waals surface area contributed by atoms with Crippen molar-refractivity contribution >= 4 is 58.0 Å². The zero-order valence-corrected chi connectivity index (χ0v) is 36.2. The van der Waals surface area contributed by atoms with Crippen molar-refractivity contribution in [2.75, 3.05) is 13.1 Å². The van der Waals surface area contributed by atoms with Gasteiger partial charge in [-0.1, -0.05) is 54.0 Å². The number of nitrogens with one attached hydrogen (secondary N) is 5. The second-order valence-corrected chi connectivity index (χ2v) is 16.9. The van der Waals surface area contributed by atoms with E-state index in [1.54, 1.807) is 12.1 Å². The molecule has 318 valence electrons. The van der Waals surface area contributed by atoms with Crippen molar-refractivity contribution in [2.24, 2.45) is 40.7 Å². The summed E-state index contributed by atoms with van der Waals surface area (Å²) >= 11 is 1.95. The topological polar surface area (TPSA) is 287 Å². The molecule has 1 rings (SSSR count). The zero-order valence-electron chi connectivity index (χ0n) is 34.0. The molecule has 0 aliphatic heterocycles. The number of carbonyl (C=O) groups excluding carboxylic acids is 6. The van der Waals surface area contributed by atoms with Gasteiger partial charge in [0, 0.05) is 6.42 Å². The molecule has 0 aromatic heterocycles. The predicted octanol–water partition coefficient (Wildman–Crippen LogP) is 1.17. The van der Waals surface area contributed by atoms with Crippen LogP contribution >= 0.6 is 22.6 Å². The van der Waals surface area contributed by atoms with E-state index in [1.165, 1.54) is 6.07 Å². The van der Waals surface area contributed by atoms with Crippen LogP contribution in [0.1, 0.15) is 105 Å². The Bertz CT molecular complexity index is 1430. The molecule has 0 saturated carbocycles. The standard InChI is InChI=1S/C39H68IN9O7/c1-22(2)17-29(34(44)51)46-37(54)30(18-23(3)4)48-39(56)32(21-25-13-14-33(50)26(40)20-25)49-38(55)31(19-24(5)6)47-36(53)28(12-8-10-16-42)45-35(52)27(43)11-7-9-15-41/h13-14,20,22-24,27-32,50H,7-12,15-19,21,41-43H2,1-6H3,(H2,44,51)(H,45,52)(H,46,54)(H,47,53)(H,48,56)(H,49,55)/t27-,28-,29-,30-,31-,32-/m0/s1. The van der Waals surface area contributed by atoms with E-state index >= 15 is 0 Å². The van der Waals surface area contributed by atoms with Crippen molar-refractivity contribution in [1.82, 2.24) is 26.6 Å². The van der Waals surface area contributed by atoms with Gasteiger partial charge in [-0.05, 0) is 122 Å². The van der Waals surface area contributed by atoms with Gasteiger partial charge in [0.15, 0.2) is 0 Å². The third-order valence-electron chi connectivity index (χ3n) is 9.02. The summed E-state index contributed by atoms with van der Waals surface area (Å²) in [7, 11) is 0. The number of hydrogen-bond acceptors (Lipinski definition) is 10. The molecule has 0 spiro atoms. The number of nitrogens with two attached hydrogens (primary N) is 4. The summed E-state index contributed by atoms with van der Waals surface area (Å²) in [6, 6.07) is -1.42. The molecule has 0 saturated heterocycles. The molecular formula is C39H68IN9O7. The van der Waals surface area contributed by atoms with Crippen LogP contribution in [0.2, 0.25) is 0 Å². The number of primary amides is 1. The van der Waals surface area contributed by atoms with Crippen LogP contribution in [0.5, 0.6) is 5.75 Å². The van der Waals surface area contributed by atoms with E-state index in [0.29, 0.717) is 60.7 Å². The number of halogens is 1. The number of benzene rings is 1. The second kappa shape index (κ2) is 26.4. The summed E-state index contributed by atoms with van der Waals surface area (Å²) in [5.41, 5.74) is 23.6. The van der Waals surface area contributed by atoms with Gasteiger partial charge < -0.3 is 54.6 Å². The van der Waals surface area contributed by atoms with Crippen molar-refractivity contribution in [1.29, 1.82) is 0 Å². The van der Waals surface area contributed by atoms with E-state index in [1.807, 2.05) is 64.1 Å². The molecule has 0 heterocycles. The molecule has 0 radical (unpaired) electrons. The first-order valence-corrected chi connectivity index (χ1v) is 20.8. The normalized spacial score (nSPS) is 14.7. The molecule has 56 heavy (non-hydrogen) atoms. The summed E-state index contributed by atoms with van der Waals surface area (Å²) in [6.45, 7) is 12.2. The van der Waals surface area contributed by atoms with Crippen molar-refractivity contribution < 1.29 is 33.9 Å². The van der Waals surface area contributed by atoms with Crippen LogP contribution in [0.15, 0.2) is 18.2 Å². The molecular weight excluding hydrogens is 833 g/mol. The van der Waals surface area contributed by atoms with Gasteiger partial charge in [-0.3, -0.25) is 28.8 Å². The lowest BCUT2D eigenvalue weighted by atomic mass is 9.98. The van der Waals surface area contributed by atoms with E-state index in [0.717, 1.165) is 0 Å². The number of carbonyl (C=O) groups is 6. The largest absolute Gasteiger partial charge is 0.507 e. The Balaban J connectivity index is 3.45. The van der Waals surface area contributed by atoms with E-state index in [-0.39, 0.29) is 49.2 Å².